The van der Waals surface area contributed by atoms with Gasteiger partial charge in [0.15, 0.2) is 0 Å². The number of H-pyrrole nitrogens is 1. The van der Waals surface area contributed by atoms with Crippen molar-refractivity contribution in [3.63, 3.8) is 0 Å². The molecule has 0 radical (unpaired) electrons. The maximum atomic E-state index is 14.3. The number of nitrogens with zero attached hydrogens (tertiary/aromatic N) is 2. The summed E-state index contributed by atoms with van der Waals surface area (Å²) >= 11 is 0. The quantitative estimate of drug-likeness (QED) is 0.231. The molecule has 3 N–H and O–H groups in total. The maximum absolute atomic E-state index is 14.3. The Morgan fingerprint density at radius 3 is 2.29 bits per heavy atom. The van der Waals surface area contributed by atoms with E-state index in [1.54, 1.807) is 12.3 Å². The molecular formula is C34H60FN5O2. The second-order valence-electron chi connectivity index (χ2n) is 10.2. The van der Waals surface area contributed by atoms with Crippen LogP contribution in [0.25, 0.3) is 11.3 Å². The molecule has 2 amide bonds. The first-order valence-electron chi connectivity index (χ1n) is 15.5. The summed E-state index contributed by atoms with van der Waals surface area (Å²) < 4.78 is 14.3. The van der Waals surface area contributed by atoms with Crippen LogP contribution in [0.1, 0.15) is 101 Å². The van der Waals surface area contributed by atoms with Gasteiger partial charge in [-0.2, -0.15) is 0 Å². The van der Waals surface area contributed by atoms with Gasteiger partial charge in [-0.25, -0.2) is 9.37 Å². The Hall–Kier alpha value is -3.42. The zero-order chi connectivity index (χ0) is 32.1. The summed E-state index contributed by atoms with van der Waals surface area (Å²) in [6, 6.07) is 4.30. The number of carbonyl (C=O) groups is 2. The number of aromatic nitrogens is 2. The summed E-state index contributed by atoms with van der Waals surface area (Å²) in [5, 5.41) is 5.80. The Morgan fingerprint density at radius 1 is 1.10 bits per heavy atom. The number of hydrogen-bond acceptors (Lipinski definition) is 4. The number of aromatic amines is 1. The van der Waals surface area contributed by atoms with Crippen LogP contribution in [0.15, 0.2) is 49.8 Å². The molecule has 0 aliphatic carbocycles. The fraction of sp³-hybridized carbons (Fsp3) is 0.559. The highest BCUT2D eigenvalue weighted by Gasteiger charge is 2.24. The average molecular weight is 590 g/mol. The maximum Gasteiger partial charge on any atom is 0.243 e. The number of aryl methyl sites for hydroxylation is 1. The molecule has 1 aliphatic rings. The third-order valence-electron chi connectivity index (χ3n) is 6.57. The SMILES string of the molecule is C=C.C=C(C[C@H](NC(=O)CCC(C)C)C(=O)NCc1ncc(-c2ccc(C)cc2F)[nH]1)N1CCCCCC1.CC.CC.[HH].[HH]. The molecule has 3 rings (SSSR count). The summed E-state index contributed by atoms with van der Waals surface area (Å²) in [6.45, 7) is 26.2. The van der Waals surface area contributed by atoms with Crippen molar-refractivity contribution in [3.05, 3.63) is 67.0 Å². The third-order valence-corrected chi connectivity index (χ3v) is 6.57. The van der Waals surface area contributed by atoms with E-state index >= 15 is 0 Å². The first kappa shape index (κ1) is 38.6. The highest BCUT2D eigenvalue weighted by Crippen LogP contribution is 2.22. The van der Waals surface area contributed by atoms with Gasteiger partial charge in [-0.3, -0.25) is 9.59 Å². The van der Waals surface area contributed by atoms with E-state index in [1.807, 2.05) is 40.7 Å². The summed E-state index contributed by atoms with van der Waals surface area (Å²) in [6.07, 6.45) is 7.69. The number of nitrogens with one attached hydrogen (secondary N) is 3. The van der Waals surface area contributed by atoms with E-state index in [-0.39, 0.29) is 27.0 Å². The first-order chi connectivity index (χ1) is 20.2. The highest BCUT2D eigenvalue weighted by molar-refractivity contribution is 5.87. The standard InChI is InChI=1S/C28H40FN5O2.2C2H6.C2H4.2H2/c1-19(2)9-12-27(35)33-24(16-21(4)34-13-7-5-6-8-14-34)28(36)31-18-26-30-17-25(32-26)22-11-10-20(3)15-23(22)29;3*1-2;;/h10-11,15,17,19,24H,4-9,12-14,16,18H2,1-3H3,(H,30,32)(H,31,36)(H,33,35);2*1-2H3;1-2H2;2*1H/t24-;;;;;/m0...../s1. The van der Waals surface area contributed by atoms with Crippen molar-refractivity contribution in [2.24, 2.45) is 5.92 Å². The van der Waals surface area contributed by atoms with Crippen molar-refractivity contribution in [1.82, 2.24) is 25.5 Å². The lowest BCUT2D eigenvalue weighted by atomic mass is 10.1. The summed E-state index contributed by atoms with van der Waals surface area (Å²) in [5.41, 5.74) is 2.68. The monoisotopic (exact) mass is 589 g/mol. The molecule has 42 heavy (non-hydrogen) atoms. The smallest absolute Gasteiger partial charge is 0.243 e. The molecule has 1 aliphatic heterocycles. The van der Waals surface area contributed by atoms with Crippen molar-refractivity contribution in [3.8, 4) is 11.3 Å². The van der Waals surface area contributed by atoms with Gasteiger partial charge in [0.2, 0.25) is 11.8 Å². The number of likely N-dealkylation sites (tertiary alicyclic amines) is 1. The molecule has 1 saturated heterocycles. The van der Waals surface area contributed by atoms with E-state index in [0.29, 0.717) is 35.8 Å². The van der Waals surface area contributed by atoms with Crippen LogP contribution in [0.4, 0.5) is 4.39 Å². The van der Waals surface area contributed by atoms with Gasteiger partial charge in [0.1, 0.15) is 17.7 Å². The van der Waals surface area contributed by atoms with Crippen LogP contribution in [-0.2, 0) is 16.1 Å². The van der Waals surface area contributed by atoms with Gasteiger partial charge < -0.3 is 20.5 Å². The van der Waals surface area contributed by atoms with Crippen molar-refractivity contribution in [1.29, 1.82) is 0 Å². The van der Waals surface area contributed by atoms with Gasteiger partial charge >= 0.3 is 0 Å². The summed E-state index contributed by atoms with van der Waals surface area (Å²) in [7, 11) is 0. The van der Waals surface area contributed by atoms with E-state index in [1.165, 1.54) is 18.9 Å². The number of hydrogen-bond donors (Lipinski definition) is 3. The Bertz CT molecular complexity index is 1070. The molecule has 0 unspecified atom stereocenters. The average Bonchev–Trinajstić information content (AvgIpc) is 3.29. The zero-order valence-electron chi connectivity index (χ0n) is 27.2. The van der Waals surface area contributed by atoms with Gasteiger partial charge in [0, 0.05) is 40.0 Å². The van der Waals surface area contributed by atoms with Crippen LogP contribution in [0.3, 0.4) is 0 Å². The molecule has 1 fully saturated rings. The highest BCUT2D eigenvalue weighted by atomic mass is 19.1. The normalized spacial score (nSPS) is 13.1. The predicted octanol–water partition coefficient (Wildman–Crippen LogP) is 8.19. The number of amides is 2. The van der Waals surface area contributed by atoms with Gasteiger partial charge in [-0.1, -0.05) is 67.0 Å². The molecule has 0 bridgehead atoms. The number of rotatable bonds is 11. The zero-order valence-corrected chi connectivity index (χ0v) is 27.2. The molecule has 1 aromatic heterocycles. The van der Waals surface area contributed by atoms with Gasteiger partial charge in [0.25, 0.3) is 0 Å². The second-order valence-corrected chi connectivity index (χ2v) is 10.2. The van der Waals surface area contributed by atoms with E-state index in [9.17, 15) is 14.0 Å². The Balaban J connectivity index is -0.00000198. The molecular weight excluding hydrogens is 529 g/mol. The molecule has 2 aromatic rings. The number of benzene rings is 1. The molecule has 1 atom stereocenters. The molecule has 0 spiro atoms. The fourth-order valence-corrected chi connectivity index (χ4v) is 4.37. The molecule has 240 valence electrons. The van der Waals surface area contributed by atoms with Crippen LogP contribution >= 0.6 is 0 Å². The van der Waals surface area contributed by atoms with Crippen molar-refractivity contribution in [2.75, 3.05) is 13.1 Å². The Kier molecular flexibility index (Phi) is 20.4. The van der Waals surface area contributed by atoms with E-state index in [0.717, 1.165) is 43.6 Å². The lowest BCUT2D eigenvalue weighted by Crippen LogP contribution is -2.47. The molecule has 2 heterocycles. The minimum Gasteiger partial charge on any atom is -0.375 e. The van der Waals surface area contributed by atoms with Crippen molar-refractivity contribution in [2.45, 2.75) is 106 Å². The number of halogens is 1. The van der Waals surface area contributed by atoms with Crippen LogP contribution < -0.4 is 10.6 Å². The van der Waals surface area contributed by atoms with Gasteiger partial charge in [-0.05, 0) is 49.8 Å². The Morgan fingerprint density at radius 2 is 1.71 bits per heavy atom. The lowest BCUT2D eigenvalue weighted by molar-refractivity contribution is -0.129. The summed E-state index contributed by atoms with van der Waals surface area (Å²) in [4.78, 5) is 35.3. The van der Waals surface area contributed by atoms with Gasteiger partial charge in [-0.15, -0.1) is 13.2 Å². The third kappa shape index (κ3) is 14.0. The van der Waals surface area contributed by atoms with Crippen LogP contribution in [-0.4, -0.2) is 45.8 Å². The summed E-state index contributed by atoms with van der Waals surface area (Å²) in [5.74, 6) is 0.160. The van der Waals surface area contributed by atoms with E-state index in [2.05, 4.69) is 59.1 Å². The van der Waals surface area contributed by atoms with Crippen LogP contribution in [0, 0.1) is 18.7 Å². The van der Waals surface area contributed by atoms with Crippen LogP contribution in [0.2, 0.25) is 0 Å². The first-order valence-corrected chi connectivity index (χ1v) is 15.5. The molecule has 0 saturated carbocycles. The minimum atomic E-state index is -0.718. The van der Waals surface area contributed by atoms with E-state index in [4.69, 9.17) is 0 Å². The predicted molar refractivity (Wildman–Crippen MR) is 179 cm³/mol. The van der Waals surface area contributed by atoms with Crippen molar-refractivity contribution >= 4 is 11.8 Å². The van der Waals surface area contributed by atoms with Gasteiger partial charge in [0.05, 0.1) is 18.4 Å². The lowest BCUT2D eigenvalue weighted by Gasteiger charge is -2.28. The topological polar surface area (TPSA) is 90.1 Å². The second kappa shape index (κ2) is 22.2. The number of carbonyl (C=O) groups excluding carboxylic acids is 2. The Labute approximate surface area is 257 Å². The molecule has 1 aromatic carbocycles. The largest absolute Gasteiger partial charge is 0.375 e. The fourth-order valence-electron chi connectivity index (χ4n) is 4.37. The van der Waals surface area contributed by atoms with Crippen molar-refractivity contribution < 1.29 is 16.8 Å². The molecule has 7 nitrogen and oxygen atoms in total. The van der Waals surface area contributed by atoms with Crippen LogP contribution in [0.5, 0.6) is 0 Å². The number of imidazole rings is 1. The van der Waals surface area contributed by atoms with E-state index < -0.39 is 6.04 Å². The minimum absolute atomic E-state index is 0. The molecule has 8 heteroatoms.